The van der Waals surface area contributed by atoms with Gasteiger partial charge in [0.2, 0.25) is 0 Å². The summed E-state index contributed by atoms with van der Waals surface area (Å²) in [6.07, 6.45) is 1.59. The van der Waals surface area contributed by atoms with E-state index in [9.17, 15) is 4.79 Å². The second-order valence-electron chi connectivity index (χ2n) is 4.35. The lowest BCUT2D eigenvalue weighted by atomic mass is 10.1. The molecule has 3 aromatic rings. The summed E-state index contributed by atoms with van der Waals surface area (Å²) in [5.74, 6) is -1.41. The Balaban J connectivity index is 1.96. The SMILES string of the molecule is O=C(O)c1nc(Br)n(Cc2ccc3ncc(Cl)cc3c2)n1. The highest BCUT2D eigenvalue weighted by Gasteiger charge is 2.13. The van der Waals surface area contributed by atoms with Crippen molar-refractivity contribution in [1.82, 2.24) is 19.7 Å². The minimum absolute atomic E-state index is 0.243. The molecule has 0 aliphatic carbocycles. The van der Waals surface area contributed by atoms with E-state index in [4.69, 9.17) is 16.7 Å². The molecule has 2 aromatic heterocycles. The molecular weight excluding hydrogens is 360 g/mol. The molecule has 0 saturated heterocycles. The second kappa shape index (κ2) is 5.42. The molecule has 0 spiro atoms. The van der Waals surface area contributed by atoms with E-state index < -0.39 is 5.97 Å². The van der Waals surface area contributed by atoms with Crippen molar-refractivity contribution in [3.8, 4) is 0 Å². The standard InChI is InChI=1S/C13H8BrClN4O2/c14-13-17-11(12(20)21)18-19(13)6-7-1-2-10-8(3-7)4-9(15)5-16-10/h1-5H,6H2,(H,20,21). The van der Waals surface area contributed by atoms with Crippen molar-refractivity contribution in [1.29, 1.82) is 0 Å². The van der Waals surface area contributed by atoms with Gasteiger partial charge in [-0.15, -0.1) is 5.10 Å². The smallest absolute Gasteiger partial charge is 0.375 e. The number of carbonyl (C=O) groups is 1. The number of aromatic nitrogens is 4. The minimum Gasteiger partial charge on any atom is -0.475 e. The Morgan fingerprint density at radius 3 is 2.90 bits per heavy atom. The van der Waals surface area contributed by atoms with Crippen molar-refractivity contribution >= 4 is 44.4 Å². The van der Waals surface area contributed by atoms with E-state index in [-0.39, 0.29) is 5.82 Å². The molecule has 0 fully saturated rings. The van der Waals surface area contributed by atoms with Crippen LogP contribution in [0.25, 0.3) is 10.9 Å². The zero-order valence-corrected chi connectivity index (χ0v) is 12.8. The first-order valence-electron chi connectivity index (χ1n) is 5.91. The Kier molecular flexibility index (Phi) is 3.60. The van der Waals surface area contributed by atoms with Gasteiger partial charge < -0.3 is 5.11 Å². The normalized spacial score (nSPS) is 11.0. The number of carboxylic acid groups (broad SMARTS) is 1. The summed E-state index contributed by atoms with van der Waals surface area (Å²) < 4.78 is 1.84. The third-order valence-corrected chi connectivity index (χ3v) is 3.66. The number of benzene rings is 1. The first-order chi connectivity index (χ1) is 10.0. The number of pyridine rings is 1. The van der Waals surface area contributed by atoms with Gasteiger partial charge >= 0.3 is 5.97 Å². The highest BCUT2D eigenvalue weighted by molar-refractivity contribution is 9.10. The highest BCUT2D eigenvalue weighted by atomic mass is 79.9. The molecule has 1 N–H and O–H groups in total. The summed E-state index contributed by atoms with van der Waals surface area (Å²) in [5.41, 5.74) is 1.78. The van der Waals surface area contributed by atoms with Crippen molar-refractivity contribution in [2.45, 2.75) is 6.54 Å². The fourth-order valence-corrected chi connectivity index (χ4v) is 2.48. The van der Waals surface area contributed by atoms with Gasteiger partial charge in [0.05, 0.1) is 17.1 Å². The van der Waals surface area contributed by atoms with Crippen molar-refractivity contribution in [2.75, 3.05) is 0 Å². The zero-order chi connectivity index (χ0) is 15.0. The second-order valence-corrected chi connectivity index (χ2v) is 5.49. The van der Waals surface area contributed by atoms with Crippen molar-refractivity contribution in [2.24, 2.45) is 0 Å². The highest BCUT2D eigenvalue weighted by Crippen LogP contribution is 2.19. The van der Waals surface area contributed by atoms with Crippen LogP contribution in [0.3, 0.4) is 0 Å². The van der Waals surface area contributed by atoms with Crippen molar-refractivity contribution < 1.29 is 9.90 Å². The van der Waals surface area contributed by atoms with Crippen LogP contribution in [-0.2, 0) is 6.54 Å². The van der Waals surface area contributed by atoms with Gasteiger partial charge in [0, 0.05) is 11.6 Å². The third kappa shape index (κ3) is 2.88. The summed E-state index contributed by atoms with van der Waals surface area (Å²) in [6.45, 7) is 0.392. The molecule has 2 heterocycles. The number of hydrogen-bond donors (Lipinski definition) is 1. The summed E-state index contributed by atoms with van der Waals surface area (Å²) in [5, 5.41) is 14.3. The Hall–Kier alpha value is -1.99. The van der Waals surface area contributed by atoms with Gasteiger partial charge in [0.15, 0.2) is 4.73 Å². The molecule has 0 amide bonds. The summed E-state index contributed by atoms with van der Waals surface area (Å²) >= 11 is 9.13. The van der Waals surface area contributed by atoms with Crippen LogP contribution < -0.4 is 0 Å². The maximum Gasteiger partial charge on any atom is 0.375 e. The lowest BCUT2D eigenvalue weighted by Gasteiger charge is -2.04. The number of aromatic carboxylic acids is 1. The largest absolute Gasteiger partial charge is 0.475 e. The summed E-state index contributed by atoms with van der Waals surface area (Å²) in [4.78, 5) is 18.9. The van der Waals surface area contributed by atoms with E-state index >= 15 is 0 Å². The lowest BCUT2D eigenvalue weighted by Crippen LogP contribution is -2.05. The first-order valence-corrected chi connectivity index (χ1v) is 7.08. The van der Waals surface area contributed by atoms with Crippen LogP contribution in [0.5, 0.6) is 0 Å². The monoisotopic (exact) mass is 366 g/mol. The maximum absolute atomic E-state index is 10.8. The number of nitrogens with zero attached hydrogens (tertiary/aromatic N) is 4. The van der Waals surface area contributed by atoms with E-state index in [0.29, 0.717) is 16.3 Å². The van der Waals surface area contributed by atoms with Crippen LogP contribution in [0.1, 0.15) is 16.2 Å². The van der Waals surface area contributed by atoms with Crippen LogP contribution >= 0.6 is 27.5 Å². The third-order valence-electron chi connectivity index (χ3n) is 2.86. The van der Waals surface area contributed by atoms with Crippen LogP contribution in [-0.4, -0.2) is 30.8 Å². The maximum atomic E-state index is 10.8. The molecule has 106 valence electrons. The van der Waals surface area contributed by atoms with E-state index in [2.05, 4.69) is 31.0 Å². The van der Waals surface area contributed by atoms with Crippen molar-refractivity contribution in [3.63, 3.8) is 0 Å². The molecule has 0 unspecified atom stereocenters. The molecule has 8 heteroatoms. The number of carboxylic acids is 1. The van der Waals surface area contributed by atoms with Gasteiger partial charge in [-0.3, -0.25) is 4.98 Å². The topological polar surface area (TPSA) is 80.9 Å². The molecule has 0 aliphatic rings. The Morgan fingerprint density at radius 1 is 1.38 bits per heavy atom. The van der Waals surface area contributed by atoms with Crippen LogP contribution in [0.2, 0.25) is 5.02 Å². The predicted octanol–water partition coefficient (Wildman–Crippen LogP) is 2.99. The minimum atomic E-state index is -1.16. The van der Waals surface area contributed by atoms with E-state index in [1.54, 1.807) is 6.20 Å². The fraction of sp³-hybridized carbons (Fsp3) is 0.0769. The lowest BCUT2D eigenvalue weighted by molar-refractivity contribution is 0.0683. The van der Waals surface area contributed by atoms with Gasteiger partial charge in [-0.1, -0.05) is 17.7 Å². The Labute approximate surface area is 132 Å². The number of halogens is 2. The first kappa shape index (κ1) is 14.0. The molecule has 0 aliphatic heterocycles. The Bertz CT molecular complexity index is 849. The van der Waals surface area contributed by atoms with E-state index in [1.807, 2.05) is 24.3 Å². The molecule has 3 rings (SSSR count). The molecule has 21 heavy (non-hydrogen) atoms. The predicted molar refractivity (Wildman–Crippen MR) is 80.5 cm³/mol. The zero-order valence-electron chi connectivity index (χ0n) is 10.5. The Morgan fingerprint density at radius 2 is 2.19 bits per heavy atom. The molecule has 0 bridgehead atoms. The van der Waals surface area contributed by atoms with Gasteiger partial charge in [-0.05, 0) is 39.7 Å². The van der Waals surface area contributed by atoms with Gasteiger partial charge in [-0.25, -0.2) is 9.48 Å². The van der Waals surface area contributed by atoms with Crippen LogP contribution in [0.4, 0.5) is 0 Å². The molecular formula is C13H8BrClN4O2. The number of fused-ring (bicyclic) bond motifs is 1. The average Bonchev–Trinajstić information content (AvgIpc) is 2.80. The average molecular weight is 368 g/mol. The fourth-order valence-electron chi connectivity index (χ4n) is 1.94. The van der Waals surface area contributed by atoms with Crippen LogP contribution in [0.15, 0.2) is 35.2 Å². The molecule has 1 aromatic carbocycles. The summed E-state index contributed by atoms with van der Waals surface area (Å²) in [6, 6.07) is 7.54. The van der Waals surface area contributed by atoms with Gasteiger partial charge in [0.1, 0.15) is 0 Å². The molecule has 0 saturated carbocycles. The molecule has 0 radical (unpaired) electrons. The summed E-state index contributed by atoms with van der Waals surface area (Å²) in [7, 11) is 0. The van der Waals surface area contributed by atoms with E-state index in [1.165, 1.54) is 4.68 Å². The molecule has 0 atom stereocenters. The quantitative estimate of drug-likeness (QED) is 0.769. The van der Waals surface area contributed by atoms with E-state index in [0.717, 1.165) is 16.5 Å². The van der Waals surface area contributed by atoms with Crippen LogP contribution in [0, 0.1) is 0 Å². The molecule has 6 nitrogen and oxygen atoms in total. The van der Waals surface area contributed by atoms with Gasteiger partial charge in [-0.2, -0.15) is 4.98 Å². The van der Waals surface area contributed by atoms with Gasteiger partial charge in [0.25, 0.3) is 5.82 Å². The number of rotatable bonds is 3. The van der Waals surface area contributed by atoms with Crippen molar-refractivity contribution in [3.05, 3.63) is 51.6 Å². The number of hydrogen-bond acceptors (Lipinski definition) is 4.